The van der Waals surface area contributed by atoms with E-state index in [4.69, 9.17) is 0 Å². The number of carbonyl (C=O) groups is 2. The number of anilines is 1. The number of nitrogens with one attached hydrogen (secondary N) is 2. The van der Waals surface area contributed by atoms with Gasteiger partial charge in [-0.05, 0) is 51.0 Å². The Kier molecular flexibility index (Phi) is 9.42. The van der Waals surface area contributed by atoms with Crippen molar-refractivity contribution in [2.24, 2.45) is 0 Å². The molecule has 29 heavy (non-hydrogen) atoms. The number of likely N-dealkylation sites (N-methyl/N-ethyl adjacent to an activating group) is 1. The second-order valence-corrected chi connectivity index (χ2v) is 7.25. The monoisotopic (exact) mass is 418 g/mol. The molecule has 0 spiro atoms. The van der Waals surface area contributed by atoms with E-state index in [0.717, 1.165) is 29.9 Å². The predicted molar refractivity (Wildman–Crippen MR) is 105 cm³/mol. The van der Waals surface area contributed by atoms with E-state index in [1.807, 2.05) is 32.6 Å². The Morgan fingerprint density at radius 3 is 2.03 bits per heavy atom. The molecule has 2 N–H and O–H groups in total. The van der Waals surface area contributed by atoms with Gasteiger partial charge < -0.3 is 19.9 Å². The second kappa shape index (κ2) is 11.0. The van der Waals surface area contributed by atoms with E-state index in [2.05, 4.69) is 10.1 Å². The molecule has 0 aliphatic heterocycles. The van der Waals surface area contributed by atoms with Gasteiger partial charge >= 0.3 is 6.36 Å². The van der Waals surface area contributed by atoms with Crippen molar-refractivity contribution in [3.8, 4) is 5.75 Å². The molecule has 6 nitrogen and oxygen atoms in total. The highest BCUT2D eigenvalue weighted by atomic mass is 19.4. The number of alkyl halides is 3. The zero-order chi connectivity index (χ0) is 22.2. The topological polar surface area (TPSA) is 63.1 Å². The third-order valence-corrected chi connectivity index (χ3v) is 4.71. The summed E-state index contributed by atoms with van der Waals surface area (Å²) in [5.41, 5.74) is 0.351. The highest BCUT2D eigenvalue weighted by molar-refractivity contribution is 5.91. The Balaban J connectivity index is 2.60. The van der Waals surface area contributed by atoms with Crippen molar-refractivity contribution in [3.05, 3.63) is 24.3 Å². The van der Waals surface area contributed by atoms with Gasteiger partial charge in [0.25, 0.3) is 11.8 Å². The Hall–Kier alpha value is -2.29. The molecule has 1 aromatic rings. The third kappa shape index (κ3) is 8.72. The summed E-state index contributed by atoms with van der Waals surface area (Å²) in [6, 6.07) is 5.15. The average Bonchev–Trinajstić information content (AvgIpc) is 2.61. The summed E-state index contributed by atoms with van der Waals surface area (Å²) in [5, 5.41) is 2.61. The number of hydrogen-bond acceptors (Lipinski definition) is 3. The zero-order valence-electron chi connectivity index (χ0n) is 17.6. The lowest BCUT2D eigenvalue weighted by Crippen LogP contribution is -3.11. The van der Waals surface area contributed by atoms with Crippen LogP contribution < -0.4 is 15.0 Å². The fourth-order valence-corrected chi connectivity index (χ4v) is 2.95. The lowest BCUT2D eigenvalue weighted by atomic mass is 10.1. The van der Waals surface area contributed by atoms with Crippen LogP contribution >= 0.6 is 0 Å². The summed E-state index contributed by atoms with van der Waals surface area (Å²) in [4.78, 5) is 27.5. The highest BCUT2D eigenvalue weighted by Crippen LogP contribution is 2.23. The third-order valence-electron chi connectivity index (χ3n) is 4.71. The van der Waals surface area contributed by atoms with Gasteiger partial charge in [0.15, 0.2) is 13.1 Å². The summed E-state index contributed by atoms with van der Waals surface area (Å²) < 4.78 is 40.3. The first-order chi connectivity index (χ1) is 13.5. The maximum atomic E-state index is 12.7. The highest BCUT2D eigenvalue weighted by Gasteiger charge is 2.31. The molecule has 0 fully saturated rings. The van der Waals surface area contributed by atoms with Crippen LogP contribution in [0.2, 0.25) is 0 Å². The Labute approximate surface area is 170 Å². The molecule has 1 unspecified atom stereocenters. The van der Waals surface area contributed by atoms with Crippen LogP contribution in [-0.4, -0.2) is 55.3 Å². The van der Waals surface area contributed by atoms with Crippen LogP contribution in [0.15, 0.2) is 24.3 Å². The van der Waals surface area contributed by atoms with Crippen molar-refractivity contribution in [3.63, 3.8) is 0 Å². The largest absolute Gasteiger partial charge is 0.573 e. The van der Waals surface area contributed by atoms with Gasteiger partial charge in [-0.15, -0.1) is 13.2 Å². The lowest BCUT2D eigenvalue weighted by Gasteiger charge is -2.34. The van der Waals surface area contributed by atoms with Crippen LogP contribution in [0.1, 0.15) is 40.5 Å². The molecular weight excluding hydrogens is 387 g/mol. The quantitative estimate of drug-likeness (QED) is 0.614. The molecule has 2 amide bonds. The Bertz CT molecular complexity index is 655. The molecule has 0 heterocycles. The molecule has 0 bridgehead atoms. The molecule has 9 heteroatoms. The first kappa shape index (κ1) is 24.7. The lowest BCUT2D eigenvalue weighted by molar-refractivity contribution is -0.862. The summed E-state index contributed by atoms with van der Waals surface area (Å²) in [5.74, 6) is -0.704. The summed E-state index contributed by atoms with van der Waals surface area (Å²) in [6.07, 6.45) is -3.06. The van der Waals surface area contributed by atoms with Crippen LogP contribution in [0.3, 0.4) is 0 Å². The van der Waals surface area contributed by atoms with Crippen molar-refractivity contribution >= 4 is 17.5 Å². The maximum Gasteiger partial charge on any atom is 0.573 e. The molecule has 0 saturated carbocycles. The number of ether oxygens (including phenoxy) is 1. The number of benzene rings is 1. The maximum absolute atomic E-state index is 12.7. The minimum absolute atomic E-state index is 0.00680. The zero-order valence-corrected chi connectivity index (χ0v) is 17.6. The van der Waals surface area contributed by atoms with Crippen LogP contribution in [0, 0.1) is 0 Å². The molecule has 1 aromatic carbocycles. The standard InChI is InChI=1S/C20H30F3N3O3/c1-6-14(3)26(15(4)7-2)19(28)13-25(5)12-18(27)24-16-8-10-17(11-9-16)29-20(21,22)23/h8-11,14-15H,6-7,12-13H2,1-5H3,(H,24,27)/p+1/t14-,15-/m1/s1. The Morgan fingerprint density at radius 1 is 1.07 bits per heavy atom. The van der Waals surface area contributed by atoms with E-state index in [-0.39, 0.29) is 42.7 Å². The summed E-state index contributed by atoms with van der Waals surface area (Å²) in [6.45, 7) is 8.32. The Morgan fingerprint density at radius 2 is 1.59 bits per heavy atom. The molecule has 0 aromatic heterocycles. The summed E-state index contributed by atoms with van der Waals surface area (Å²) in [7, 11) is 1.75. The molecule has 1 rings (SSSR count). The average molecular weight is 418 g/mol. The van der Waals surface area contributed by atoms with Crippen molar-refractivity contribution in [2.75, 3.05) is 25.5 Å². The van der Waals surface area contributed by atoms with Crippen molar-refractivity contribution in [1.82, 2.24) is 4.90 Å². The molecule has 3 atom stereocenters. The van der Waals surface area contributed by atoms with E-state index in [0.29, 0.717) is 5.69 Å². The smallest absolute Gasteiger partial charge is 0.406 e. The fraction of sp³-hybridized carbons (Fsp3) is 0.600. The number of carbonyl (C=O) groups excluding carboxylic acids is 2. The van der Waals surface area contributed by atoms with Gasteiger partial charge in [0.1, 0.15) is 5.75 Å². The van der Waals surface area contributed by atoms with Gasteiger partial charge in [-0.1, -0.05) is 13.8 Å². The molecule has 0 radical (unpaired) electrons. The molecular formula is C20H31F3N3O3+. The van der Waals surface area contributed by atoms with Crippen LogP contribution in [0.4, 0.5) is 18.9 Å². The molecule has 164 valence electrons. The van der Waals surface area contributed by atoms with Crippen molar-refractivity contribution < 1.29 is 32.4 Å². The second-order valence-electron chi connectivity index (χ2n) is 7.25. The predicted octanol–water partition coefficient (Wildman–Crippen LogP) is 2.46. The van der Waals surface area contributed by atoms with Gasteiger partial charge in [0.05, 0.1) is 7.05 Å². The minimum Gasteiger partial charge on any atom is -0.406 e. The van der Waals surface area contributed by atoms with E-state index < -0.39 is 6.36 Å². The fourth-order valence-electron chi connectivity index (χ4n) is 2.95. The normalized spacial score (nSPS) is 14.6. The van der Waals surface area contributed by atoms with E-state index in [9.17, 15) is 22.8 Å². The molecule has 0 saturated heterocycles. The van der Waals surface area contributed by atoms with E-state index in [1.165, 1.54) is 12.1 Å². The molecule has 0 aliphatic carbocycles. The van der Waals surface area contributed by atoms with E-state index in [1.54, 1.807) is 7.05 Å². The van der Waals surface area contributed by atoms with Gasteiger partial charge in [-0.3, -0.25) is 9.59 Å². The van der Waals surface area contributed by atoms with Gasteiger partial charge in [-0.25, -0.2) is 0 Å². The minimum atomic E-state index is -4.76. The number of nitrogens with zero attached hydrogens (tertiary/aromatic N) is 1. The van der Waals surface area contributed by atoms with Crippen molar-refractivity contribution in [1.29, 1.82) is 0 Å². The van der Waals surface area contributed by atoms with Crippen LogP contribution in [0.5, 0.6) is 5.75 Å². The first-order valence-corrected chi connectivity index (χ1v) is 9.74. The van der Waals surface area contributed by atoms with Crippen LogP contribution in [-0.2, 0) is 9.59 Å². The van der Waals surface area contributed by atoms with Gasteiger partial charge in [-0.2, -0.15) is 0 Å². The number of rotatable bonds is 10. The number of quaternary nitrogens is 1. The SMILES string of the molecule is CC[C@@H](C)N(C(=O)C[NH+](C)CC(=O)Nc1ccc(OC(F)(F)F)cc1)[C@H](C)CC. The van der Waals surface area contributed by atoms with Gasteiger partial charge in [0, 0.05) is 17.8 Å². The molecule has 0 aliphatic rings. The first-order valence-electron chi connectivity index (χ1n) is 9.74. The van der Waals surface area contributed by atoms with E-state index >= 15 is 0 Å². The van der Waals surface area contributed by atoms with Crippen LogP contribution in [0.25, 0.3) is 0 Å². The number of halogens is 3. The van der Waals surface area contributed by atoms with Gasteiger partial charge in [0.2, 0.25) is 0 Å². The number of hydrogen-bond donors (Lipinski definition) is 2. The van der Waals surface area contributed by atoms with Crippen molar-refractivity contribution in [2.45, 2.75) is 59.0 Å². The summed E-state index contributed by atoms with van der Waals surface area (Å²) >= 11 is 0. The number of amides is 2.